The van der Waals surface area contributed by atoms with Gasteiger partial charge in [-0.1, -0.05) is 95.8 Å². The van der Waals surface area contributed by atoms with Gasteiger partial charge in [-0.2, -0.15) is 8.42 Å². The van der Waals surface area contributed by atoms with E-state index in [0.717, 1.165) is 12.8 Å². The molecule has 0 radical (unpaired) electrons. The Morgan fingerprint density at radius 2 is 1.19 bits per heavy atom. The van der Waals surface area contributed by atoms with E-state index in [1.54, 1.807) is 30.3 Å². The van der Waals surface area contributed by atoms with E-state index in [1.807, 2.05) is 0 Å². The van der Waals surface area contributed by atoms with Crippen molar-refractivity contribution in [3.05, 3.63) is 30.3 Å². The molecule has 0 aliphatic rings. The number of rotatable bonds is 19. The quantitative estimate of drug-likeness (QED) is 0.206. The van der Waals surface area contributed by atoms with Gasteiger partial charge in [0.05, 0.1) is 24.7 Å². The van der Waals surface area contributed by atoms with E-state index in [9.17, 15) is 8.42 Å². The Hall–Kier alpha value is -0.990. The summed E-state index contributed by atoms with van der Waals surface area (Å²) in [6.07, 6.45) is 15.1. The average molecular weight is 460 g/mol. The molecule has 0 heterocycles. The third-order valence-corrected chi connectivity index (χ3v) is 6.17. The van der Waals surface area contributed by atoms with Crippen LogP contribution in [0.4, 0.5) is 0 Å². The van der Waals surface area contributed by atoms with Crippen molar-refractivity contribution in [2.75, 3.05) is 32.9 Å². The SMILES string of the molecule is CCCCCCCCCCCCCCOS(=O)(=O)c1ccccc1.OCCNCCO. The van der Waals surface area contributed by atoms with Crippen LogP contribution in [0.1, 0.15) is 84.0 Å². The van der Waals surface area contributed by atoms with Gasteiger partial charge in [-0.3, -0.25) is 4.18 Å². The van der Waals surface area contributed by atoms with Gasteiger partial charge in [-0.15, -0.1) is 0 Å². The molecule has 0 atom stereocenters. The van der Waals surface area contributed by atoms with Crippen molar-refractivity contribution in [3.8, 4) is 0 Å². The van der Waals surface area contributed by atoms with Gasteiger partial charge < -0.3 is 15.5 Å². The average Bonchev–Trinajstić information content (AvgIpc) is 2.78. The second-order valence-corrected chi connectivity index (χ2v) is 9.29. The predicted molar refractivity (Wildman–Crippen MR) is 128 cm³/mol. The highest BCUT2D eigenvalue weighted by Gasteiger charge is 2.13. The summed E-state index contributed by atoms with van der Waals surface area (Å²) in [6.45, 7) is 3.96. The van der Waals surface area contributed by atoms with Crippen LogP contribution in [0.25, 0.3) is 0 Å². The number of hydrogen-bond acceptors (Lipinski definition) is 6. The number of hydrogen-bond donors (Lipinski definition) is 3. The first-order valence-electron chi connectivity index (χ1n) is 12.0. The van der Waals surface area contributed by atoms with Crippen LogP contribution in [0, 0.1) is 0 Å². The van der Waals surface area contributed by atoms with Crippen molar-refractivity contribution in [1.29, 1.82) is 0 Å². The van der Waals surface area contributed by atoms with E-state index in [2.05, 4.69) is 12.2 Å². The Morgan fingerprint density at radius 1 is 0.742 bits per heavy atom. The Bertz CT molecular complexity index is 577. The number of aliphatic hydroxyl groups excluding tert-OH is 2. The first-order chi connectivity index (χ1) is 15.1. The molecule has 6 nitrogen and oxygen atoms in total. The van der Waals surface area contributed by atoms with Crippen LogP contribution in [0.3, 0.4) is 0 Å². The summed E-state index contributed by atoms with van der Waals surface area (Å²) < 4.78 is 28.9. The second-order valence-electron chi connectivity index (χ2n) is 7.68. The van der Waals surface area contributed by atoms with Crippen LogP contribution < -0.4 is 5.32 Å². The van der Waals surface area contributed by atoms with Gasteiger partial charge in [0, 0.05) is 13.1 Å². The molecule has 0 bridgehead atoms. The lowest BCUT2D eigenvalue weighted by molar-refractivity contribution is 0.266. The van der Waals surface area contributed by atoms with E-state index in [4.69, 9.17) is 14.4 Å². The predicted octanol–water partition coefficient (Wildman–Crippen LogP) is 4.65. The molecular formula is C24H45NO5S. The molecule has 31 heavy (non-hydrogen) atoms. The van der Waals surface area contributed by atoms with Crippen molar-refractivity contribution >= 4 is 10.1 Å². The van der Waals surface area contributed by atoms with Gasteiger partial charge in [0.15, 0.2) is 0 Å². The molecular weight excluding hydrogens is 414 g/mol. The van der Waals surface area contributed by atoms with Crippen LogP contribution in [0.15, 0.2) is 35.2 Å². The lowest BCUT2D eigenvalue weighted by Gasteiger charge is -2.05. The molecule has 0 aliphatic carbocycles. The molecule has 0 unspecified atom stereocenters. The summed E-state index contributed by atoms with van der Waals surface area (Å²) in [6, 6.07) is 8.35. The minimum Gasteiger partial charge on any atom is -0.395 e. The molecule has 0 aliphatic heterocycles. The number of aliphatic hydroxyl groups is 2. The van der Waals surface area contributed by atoms with E-state index < -0.39 is 10.1 Å². The van der Waals surface area contributed by atoms with E-state index in [-0.39, 0.29) is 24.7 Å². The number of unbranched alkanes of at least 4 members (excludes halogenated alkanes) is 11. The molecule has 0 aromatic heterocycles. The molecule has 0 saturated heterocycles. The molecule has 0 amide bonds. The molecule has 0 spiro atoms. The van der Waals surface area contributed by atoms with Crippen LogP contribution in [0.5, 0.6) is 0 Å². The summed E-state index contributed by atoms with van der Waals surface area (Å²) in [5.41, 5.74) is 0. The Labute approximate surface area is 190 Å². The molecule has 1 rings (SSSR count). The van der Waals surface area contributed by atoms with Gasteiger partial charge in [-0.05, 0) is 18.6 Å². The second kappa shape index (κ2) is 22.2. The largest absolute Gasteiger partial charge is 0.395 e. The van der Waals surface area contributed by atoms with Gasteiger partial charge in [0.2, 0.25) is 0 Å². The third kappa shape index (κ3) is 19.4. The number of benzene rings is 1. The van der Waals surface area contributed by atoms with Gasteiger partial charge in [0.1, 0.15) is 0 Å². The maximum Gasteiger partial charge on any atom is 0.296 e. The van der Waals surface area contributed by atoms with Crippen molar-refractivity contribution in [3.63, 3.8) is 0 Å². The highest BCUT2D eigenvalue weighted by molar-refractivity contribution is 7.86. The van der Waals surface area contributed by atoms with Crippen molar-refractivity contribution in [1.82, 2.24) is 5.32 Å². The molecule has 1 aromatic rings. The standard InChI is InChI=1S/C20H34O3S.C4H11NO2/c1-2-3-4-5-6-7-8-9-10-11-12-16-19-23-24(21,22)20-17-14-13-15-18-20;6-3-1-5-2-4-7/h13-15,17-18H,2-12,16,19H2,1H3;5-7H,1-4H2. The highest BCUT2D eigenvalue weighted by Crippen LogP contribution is 2.14. The minimum absolute atomic E-state index is 0.139. The Kier molecular flexibility index (Phi) is 21.5. The Balaban J connectivity index is 0.00000110. The first-order valence-corrected chi connectivity index (χ1v) is 13.4. The normalized spacial score (nSPS) is 11.2. The van der Waals surface area contributed by atoms with Gasteiger partial charge in [-0.25, -0.2) is 0 Å². The van der Waals surface area contributed by atoms with Crippen LogP contribution in [-0.2, 0) is 14.3 Å². The summed E-state index contributed by atoms with van der Waals surface area (Å²) in [4.78, 5) is 0.240. The fourth-order valence-electron chi connectivity index (χ4n) is 3.05. The Morgan fingerprint density at radius 3 is 1.65 bits per heavy atom. The molecule has 182 valence electrons. The molecule has 3 N–H and O–H groups in total. The zero-order chi connectivity index (χ0) is 23.0. The third-order valence-electron chi connectivity index (χ3n) is 4.85. The molecule has 0 fully saturated rings. The highest BCUT2D eigenvalue weighted by atomic mass is 32.2. The van der Waals surface area contributed by atoms with E-state index in [1.165, 1.54) is 64.2 Å². The smallest absolute Gasteiger partial charge is 0.296 e. The lowest BCUT2D eigenvalue weighted by atomic mass is 10.1. The summed E-state index contributed by atoms with van der Waals surface area (Å²) in [5.74, 6) is 0. The summed E-state index contributed by atoms with van der Waals surface area (Å²) in [7, 11) is -3.57. The lowest BCUT2D eigenvalue weighted by Crippen LogP contribution is -2.21. The van der Waals surface area contributed by atoms with Crippen LogP contribution in [0.2, 0.25) is 0 Å². The van der Waals surface area contributed by atoms with E-state index in [0.29, 0.717) is 13.1 Å². The van der Waals surface area contributed by atoms with E-state index >= 15 is 0 Å². The van der Waals surface area contributed by atoms with Crippen LogP contribution >= 0.6 is 0 Å². The van der Waals surface area contributed by atoms with Gasteiger partial charge >= 0.3 is 0 Å². The number of nitrogens with one attached hydrogen (secondary N) is 1. The summed E-state index contributed by atoms with van der Waals surface area (Å²) in [5, 5.41) is 19.1. The van der Waals surface area contributed by atoms with Crippen molar-refractivity contribution in [2.45, 2.75) is 88.9 Å². The maximum absolute atomic E-state index is 11.9. The molecule has 1 aromatic carbocycles. The van der Waals surface area contributed by atoms with Crippen molar-refractivity contribution < 1.29 is 22.8 Å². The van der Waals surface area contributed by atoms with Crippen molar-refractivity contribution in [2.24, 2.45) is 0 Å². The first kappa shape index (κ1) is 30.0. The zero-order valence-electron chi connectivity index (χ0n) is 19.4. The molecule has 0 saturated carbocycles. The van der Waals surface area contributed by atoms with Crippen LogP contribution in [-0.4, -0.2) is 51.5 Å². The maximum atomic E-state index is 11.9. The summed E-state index contributed by atoms with van der Waals surface area (Å²) >= 11 is 0. The topological polar surface area (TPSA) is 95.9 Å². The monoisotopic (exact) mass is 459 g/mol. The molecule has 7 heteroatoms. The minimum atomic E-state index is -3.57. The van der Waals surface area contributed by atoms with Gasteiger partial charge in [0.25, 0.3) is 10.1 Å². The fourth-order valence-corrected chi connectivity index (χ4v) is 4.01. The fraction of sp³-hybridized carbons (Fsp3) is 0.750. The zero-order valence-corrected chi connectivity index (χ0v) is 20.3.